The van der Waals surface area contributed by atoms with Gasteiger partial charge in [-0.15, -0.1) is 0 Å². The van der Waals surface area contributed by atoms with Gasteiger partial charge in [0.05, 0.1) is 0 Å². The van der Waals surface area contributed by atoms with Crippen molar-refractivity contribution in [2.45, 2.75) is 13.5 Å². The zero-order valence-electron chi connectivity index (χ0n) is 7.42. The van der Waals surface area contributed by atoms with Crippen molar-refractivity contribution in [1.82, 2.24) is 4.57 Å². The zero-order valence-corrected chi connectivity index (χ0v) is 9.01. The van der Waals surface area contributed by atoms with Crippen molar-refractivity contribution in [3.8, 4) is 0 Å². The van der Waals surface area contributed by atoms with Crippen molar-refractivity contribution < 1.29 is 0 Å². The third kappa shape index (κ3) is 1.33. The van der Waals surface area contributed by atoms with Gasteiger partial charge in [0.25, 0.3) is 0 Å². The van der Waals surface area contributed by atoms with Gasteiger partial charge in [-0.1, -0.05) is 0 Å². The van der Waals surface area contributed by atoms with E-state index in [0.29, 0.717) is 0 Å². The number of halogens is 1. The molecule has 2 rings (SSSR count). The lowest BCUT2D eigenvalue weighted by molar-refractivity contribution is 0.796. The van der Waals surface area contributed by atoms with Crippen LogP contribution in [-0.4, -0.2) is 4.57 Å². The van der Waals surface area contributed by atoms with Gasteiger partial charge in [0.2, 0.25) is 0 Å². The number of aryl methyl sites for hydroxylation is 1. The Morgan fingerprint density at radius 2 is 2.23 bits per heavy atom. The van der Waals surface area contributed by atoms with E-state index in [1.54, 1.807) is 0 Å². The van der Waals surface area contributed by atoms with Gasteiger partial charge in [0, 0.05) is 33.8 Å². The fourth-order valence-electron chi connectivity index (χ4n) is 1.53. The Hall–Kier alpha value is -0.960. The number of nitrogens with zero attached hydrogens (tertiary/aromatic N) is 1. The van der Waals surface area contributed by atoms with Gasteiger partial charge in [-0.2, -0.15) is 0 Å². The highest BCUT2D eigenvalue weighted by Crippen LogP contribution is 2.27. The lowest BCUT2D eigenvalue weighted by Gasteiger charge is -1.99. The summed E-state index contributed by atoms with van der Waals surface area (Å²) in [6, 6.07) is 5.98. The number of anilines is 1. The van der Waals surface area contributed by atoms with Gasteiger partial charge in [-0.3, -0.25) is 0 Å². The van der Waals surface area contributed by atoms with Crippen LogP contribution in [0.15, 0.2) is 28.9 Å². The van der Waals surface area contributed by atoms with E-state index >= 15 is 0 Å². The van der Waals surface area contributed by atoms with Crippen molar-refractivity contribution in [2.75, 3.05) is 5.73 Å². The van der Waals surface area contributed by atoms with Crippen LogP contribution < -0.4 is 5.73 Å². The van der Waals surface area contributed by atoms with Crippen LogP contribution in [0.25, 0.3) is 10.9 Å². The number of nitrogen functional groups attached to an aromatic ring is 1. The van der Waals surface area contributed by atoms with Crippen LogP contribution in [0, 0.1) is 0 Å². The fourth-order valence-corrected chi connectivity index (χ4v) is 2.10. The van der Waals surface area contributed by atoms with E-state index in [0.717, 1.165) is 16.7 Å². The summed E-state index contributed by atoms with van der Waals surface area (Å²) in [6.45, 7) is 3.11. The molecule has 1 heterocycles. The molecule has 0 aliphatic heterocycles. The predicted molar refractivity (Wildman–Crippen MR) is 59.7 cm³/mol. The van der Waals surface area contributed by atoms with E-state index in [4.69, 9.17) is 5.73 Å². The molecule has 0 amide bonds. The summed E-state index contributed by atoms with van der Waals surface area (Å²) in [5, 5.41) is 1.18. The van der Waals surface area contributed by atoms with E-state index in [1.165, 1.54) is 10.9 Å². The van der Waals surface area contributed by atoms with Crippen LogP contribution in [0.1, 0.15) is 6.92 Å². The summed E-state index contributed by atoms with van der Waals surface area (Å²) in [4.78, 5) is 0. The molecule has 0 aliphatic carbocycles. The predicted octanol–water partition coefficient (Wildman–Crippen LogP) is 3.01. The quantitative estimate of drug-likeness (QED) is 0.762. The highest BCUT2D eigenvalue weighted by atomic mass is 79.9. The molecule has 0 bridgehead atoms. The minimum atomic E-state index is 0.807. The summed E-state index contributed by atoms with van der Waals surface area (Å²) in [5.74, 6) is 0. The molecule has 2 aromatic rings. The maximum absolute atomic E-state index is 5.71. The Balaban J connectivity index is 2.80. The van der Waals surface area contributed by atoms with E-state index in [1.807, 2.05) is 12.1 Å². The van der Waals surface area contributed by atoms with Crippen LogP contribution >= 0.6 is 15.9 Å². The van der Waals surface area contributed by atoms with Crippen molar-refractivity contribution >= 4 is 32.5 Å². The highest BCUT2D eigenvalue weighted by Gasteiger charge is 2.04. The molecule has 2 N–H and O–H groups in total. The second kappa shape index (κ2) is 3.07. The Morgan fingerprint density at radius 1 is 1.46 bits per heavy atom. The van der Waals surface area contributed by atoms with E-state index in [9.17, 15) is 0 Å². The van der Waals surface area contributed by atoms with Crippen LogP contribution in [0.2, 0.25) is 0 Å². The molecule has 68 valence electrons. The third-order valence-electron chi connectivity index (χ3n) is 2.20. The minimum Gasteiger partial charge on any atom is -0.399 e. The van der Waals surface area contributed by atoms with Crippen LogP contribution in [0.5, 0.6) is 0 Å². The fraction of sp³-hybridized carbons (Fsp3) is 0.200. The maximum Gasteiger partial charge on any atom is 0.0493 e. The molecule has 3 heteroatoms. The summed E-state index contributed by atoms with van der Waals surface area (Å²) in [6.07, 6.45) is 2.09. The second-order valence-corrected chi connectivity index (χ2v) is 3.89. The third-order valence-corrected chi connectivity index (χ3v) is 2.83. The van der Waals surface area contributed by atoms with Gasteiger partial charge in [-0.25, -0.2) is 0 Å². The molecule has 0 radical (unpaired) electrons. The average Bonchev–Trinajstić information content (AvgIpc) is 2.43. The van der Waals surface area contributed by atoms with Crippen molar-refractivity contribution in [1.29, 1.82) is 0 Å². The normalized spacial score (nSPS) is 10.9. The summed E-state index contributed by atoms with van der Waals surface area (Å²) >= 11 is 3.52. The first-order valence-corrected chi connectivity index (χ1v) is 5.05. The van der Waals surface area contributed by atoms with Gasteiger partial charge < -0.3 is 10.3 Å². The minimum absolute atomic E-state index is 0.807. The largest absolute Gasteiger partial charge is 0.399 e. The SMILES string of the molecule is CCn1cc(Br)c2cc(N)ccc21. The number of rotatable bonds is 1. The number of hydrogen-bond acceptors (Lipinski definition) is 1. The van der Waals surface area contributed by atoms with Crippen LogP contribution in [0.4, 0.5) is 5.69 Å². The van der Waals surface area contributed by atoms with Crippen LogP contribution in [0.3, 0.4) is 0 Å². The first kappa shape index (κ1) is 8.63. The topological polar surface area (TPSA) is 30.9 Å². The lowest BCUT2D eigenvalue weighted by Crippen LogP contribution is -1.90. The lowest BCUT2D eigenvalue weighted by atomic mass is 10.2. The van der Waals surface area contributed by atoms with E-state index < -0.39 is 0 Å². The smallest absolute Gasteiger partial charge is 0.0493 e. The molecular formula is C10H11BrN2. The molecule has 0 spiro atoms. The standard InChI is InChI=1S/C10H11BrN2/c1-2-13-6-9(11)8-5-7(12)3-4-10(8)13/h3-6H,2,12H2,1H3. The zero-order chi connectivity index (χ0) is 9.42. The van der Waals surface area contributed by atoms with Gasteiger partial charge in [0.1, 0.15) is 0 Å². The molecule has 0 saturated carbocycles. The molecule has 0 saturated heterocycles. The molecular weight excluding hydrogens is 228 g/mol. The number of hydrogen-bond donors (Lipinski definition) is 1. The van der Waals surface area contributed by atoms with Gasteiger partial charge in [-0.05, 0) is 41.1 Å². The first-order valence-electron chi connectivity index (χ1n) is 4.26. The first-order chi connectivity index (χ1) is 6.22. The number of nitrogens with two attached hydrogens (primary N) is 1. The Kier molecular flexibility index (Phi) is 2.04. The number of aromatic nitrogens is 1. The van der Waals surface area contributed by atoms with Crippen molar-refractivity contribution in [3.05, 3.63) is 28.9 Å². The molecule has 0 atom stereocenters. The molecule has 2 nitrogen and oxygen atoms in total. The monoisotopic (exact) mass is 238 g/mol. The van der Waals surface area contributed by atoms with E-state index in [2.05, 4.69) is 39.7 Å². The highest BCUT2D eigenvalue weighted by molar-refractivity contribution is 9.10. The Labute approximate surface area is 85.5 Å². The summed E-state index contributed by atoms with van der Waals surface area (Å²) < 4.78 is 3.30. The second-order valence-electron chi connectivity index (χ2n) is 3.04. The summed E-state index contributed by atoms with van der Waals surface area (Å²) in [5.41, 5.74) is 7.75. The molecule has 13 heavy (non-hydrogen) atoms. The number of benzene rings is 1. The Morgan fingerprint density at radius 3 is 2.92 bits per heavy atom. The molecule has 0 fully saturated rings. The summed E-state index contributed by atoms with van der Waals surface area (Å²) in [7, 11) is 0. The molecule has 0 aliphatic rings. The Bertz CT molecular complexity index is 445. The van der Waals surface area contributed by atoms with E-state index in [-0.39, 0.29) is 0 Å². The molecule has 0 unspecified atom stereocenters. The maximum atomic E-state index is 5.71. The van der Waals surface area contributed by atoms with Crippen LogP contribution in [-0.2, 0) is 6.54 Å². The van der Waals surface area contributed by atoms with Gasteiger partial charge >= 0.3 is 0 Å². The molecule has 1 aromatic carbocycles. The average molecular weight is 239 g/mol. The molecule has 1 aromatic heterocycles. The number of fused-ring (bicyclic) bond motifs is 1. The van der Waals surface area contributed by atoms with Crippen molar-refractivity contribution in [2.24, 2.45) is 0 Å². The van der Waals surface area contributed by atoms with Gasteiger partial charge in [0.15, 0.2) is 0 Å². The van der Waals surface area contributed by atoms with Crippen molar-refractivity contribution in [3.63, 3.8) is 0 Å².